The van der Waals surface area contributed by atoms with Gasteiger partial charge in [-0.1, -0.05) is 30.3 Å². The van der Waals surface area contributed by atoms with Gasteiger partial charge in [-0.25, -0.2) is 4.79 Å². The molecule has 0 unspecified atom stereocenters. The Labute approximate surface area is 96.1 Å². The van der Waals surface area contributed by atoms with Gasteiger partial charge < -0.3 is 9.47 Å². The maximum atomic E-state index is 11.7. The van der Waals surface area contributed by atoms with E-state index in [2.05, 4.69) is 9.47 Å². The van der Waals surface area contributed by atoms with E-state index in [4.69, 9.17) is 0 Å². The average molecular weight is 248 g/mol. The van der Waals surface area contributed by atoms with Gasteiger partial charge in [0.1, 0.15) is 6.10 Å². The first-order chi connectivity index (χ1) is 7.88. The largest absolute Gasteiger partial charge is 0.509 e. The van der Waals surface area contributed by atoms with Crippen LogP contribution in [-0.4, -0.2) is 18.9 Å². The molecule has 1 rings (SSSR count). The number of ether oxygens (including phenoxy) is 2. The molecule has 0 radical (unpaired) electrons. The van der Waals surface area contributed by atoms with Crippen LogP contribution in [0, 0.1) is 0 Å². The molecule has 0 aliphatic heterocycles. The topological polar surface area (TPSA) is 35.5 Å². The summed E-state index contributed by atoms with van der Waals surface area (Å²) in [7, 11) is 0. The Balaban J connectivity index is 2.42. The second-order valence-electron chi connectivity index (χ2n) is 3.32. The molecule has 6 heteroatoms. The molecular weight excluding hydrogens is 237 g/mol. The normalized spacial score (nSPS) is 12.9. The fourth-order valence-corrected chi connectivity index (χ4v) is 1.11. The SMILES string of the molecule is C[C@@H](OC(=O)OCC(F)(F)F)c1ccccc1. The van der Waals surface area contributed by atoms with Crippen molar-refractivity contribution in [3.05, 3.63) is 35.9 Å². The second kappa shape index (κ2) is 5.56. The molecule has 3 nitrogen and oxygen atoms in total. The van der Waals surface area contributed by atoms with Gasteiger partial charge in [0.2, 0.25) is 0 Å². The van der Waals surface area contributed by atoms with Crippen molar-refractivity contribution in [2.24, 2.45) is 0 Å². The van der Waals surface area contributed by atoms with Crippen molar-refractivity contribution < 1.29 is 27.4 Å². The quantitative estimate of drug-likeness (QED) is 0.768. The molecule has 0 N–H and O–H groups in total. The molecule has 0 aliphatic carbocycles. The number of benzene rings is 1. The molecule has 0 aliphatic rings. The Morgan fingerprint density at radius 3 is 2.41 bits per heavy atom. The van der Waals surface area contributed by atoms with E-state index in [1.807, 2.05) is 0 Å². The van der Waals surface area contributed by atoms with Gasteiger partial charge in [0.05, 0.1) is 0 Å². The van der Waals surface area contributed by atoms with Crippen molar-refractivity contribution in [2.45, 2.75) is 19.2 Å². The molecule has 0 aromatic heterocycles. The van der Waals surface area contributed by atoms with Gasteiger partial charge in [0.15, 0.2) is 6.61 Å². The first-order valence-electron chi connectivity index (χ1n) is 4.83. The van der Waals surface area contributed by atoms with Crippen LogP contribution in [0.5, 0.6) is 0 Å². The van der Waals surface area contributed by atoms with Crippen LogP contribution >= 0.6 is 0 Å². The molecule has 17 heavy (non-hydrogen) atoms. The monoisotopic (exact) mass is 248 g/mol. The predicted molar refractivity (Wildman–Crippen MR) is 53.3 cm³/mol. The number of rotatable bonds is 3. The van der Waals surface area contributed by atoms with Crippen LogP contribution in [0.3, 0.4) is 0 Å². The minimum absolute atomic E-state index is 0.656. The maximum absolute atomic E-state index is 11.7. The molecule has 1 aromatic carbocycles. The van der Waals surface area contributed by atoms with Crippen molar-refractivity contribution in [3.63, 3.8) is 0 Å². The molecule has 0 heterocycles. The molecule has 0 fully saturated rings. The van der Waals surface area contributed by atoms with Gasteiger partial charge in [-0.05, 0) is 12.5 Å². The average Bonchev–Trinajstić information content (AvgIpc) is 2.27. The molecule has 0 amide bonds. The zero-order valence-electron chi connectivity index (χ0n) is 9.03. The number of carbonyl (C=O) groups is 1. The standard InChI is InChI=1S/C11H11F3O3/c1-8(9-5-3-2-4-6-9)17-10(15)16-7-11(12,13)14/h2-6,8H,7H2,1H3/t8-/m1/s1. The number of alkyl halides is 3. The van der Waals surface area contributed by atoms with Crippen LogP contribution in [-0.2, 0) is 9.47 Å². The molecule has 94 valence electrons. The van der Waals surface area contributed by atoms with Gasteiger partial charge in [-0.2, -0.15) is 13.2 Å². The third kappa shape index (κ3) is 5.24. The summed E-state index contributed by atoms with van der Waals surface area (Å²) >= 11 is 0. The number of halogens is 3. The van der Waals surface area contributed by atoms with Crippen molar-refractivity contribution in [1.29, 1.82) is 0 Å². The lowest BCUT2D eigenvalue weighted by Gasteiger charge is -2.14. The van der Waals surface area contributed by atoms with Crippen LogP contribution in [0.1, 0.15) is 18.6 Å². The predicted octanol–water partition coefficient (Wildman–Crippen LogP) is 3.46. The van der Waals surface area contributed by atoms with E-state index in [9.17, 15) is 18.0 Å². The highest BCUT2D eigenvalue weighted by Crippen LogP contribution is 2.18. The lowest BCUT2D eigenvalue weighted by atomic mass is 10.1. The van der Waals surface area contributed by atoms with Crippen LogP contribution < -0.4 is 0 Å². The lowest BCUT2D eigenvalue weighted by molar-refractivity contribution is -0.166. The van der Waals surface area contributed by atoms with Crippen LogP contribution in [0.4, 0.5) is 18.0 Å². The highest BCUT2D eigenvalue weighted by molar-refractivity contribution is 5.60. The summed E-state index contributed by atoms with van der Waals surface area (Å²) in [4.78, 5) is 10.9. The van der Waals surface area contributed by atoms with Crippen molar-refractivity contribution in [1.82, 2.24) is 0 Å². The number of hydrogen-bond donors (Lipinski definition) is 0. The van der Waals surface area contributed by atoms with E-state index >= 15 is 0 Å². The highest BCUT2D eigenvalue weighted by atomic mass is 19.4. The van der Waals surface area contributed by atoms with Crippen molar-refractivity contribution in [3.8, 4) is 0 Å². The van der Waals surface area contributed by atoms with Crippen LogP contribution in [0.2, 0.25) is 0 Å². The summed E-state index contributed by atoms with van der Waals surface area (Å²) in [5.74, 6) is 0. The molecular formula is C11H11F3O3. The summed E-state index contributed by atoms with van der Waals surface area (Å²) < 4.78 is 43.8. The fraction of sp³-hybridized carbons (Fsp3) is 0.364. The Hall–Kier alpha value is -1.72. The summed E-state index contributed by atoms with van der Waals surface area (Å²) in [5.41, 5.74) is 0.677. The molecule has 0 saturated heterocycles. The van der Waals surface area contributed by atoms with E-state index < -0.39 is 25.0 Å². The summed E-state index contributed by atoms with van der Waals surface area (Å²) in [6.45, 7) is -0.0997. The van der Waals surface area contributed by atoms with E-state index in [-0.39, 0.29) is 0 Å². The summed E-state index contributed by atoms with van der Waals surface area (Å²) in [6, 6.07) is 8.63. The van der Waals surface area contributed by atoms with Crippen molar-refractivity contribution >= 4 is 6.16 Å². The molecule has 1 aromatic rings. The Bertz CT molecular complexity index is 362. The van der Waals surface area contributed by atoms with E-state index in [0.29, 0.717) is 5.56 Å². The van der Waals surface area contributed by atoms with Crippen LogP contribution in [0.25, 0.3) is 0 Å². The first-order valence-corrected chi connectivity index (χ1v) is 4.83. The van der Waals surface area contributed by atoms with Gasteiger partial charge in [0.25, 0.3) is 0 Å². The summed E-state index contributed by atoms with van der Waals surface area (Å²) in [6.07, 6.45) is -6.54. The second-order valence-corrected chi connectivity index (χ2v) is 3.32. The maximum Gasteiger partial charge on any atom is 0.509 e. The smallest absolute Gasteiger partial charge is 0.426 e. The van der Waals surface area contributed by atoms with Gasteiger partial charge in [0, 0.05) is 0 Å². The van der Waals surface area contributed by atoms with Crippen LogP contribution in [0.15, 0.2) is 30.3 Å². The minimum atomic E-state index is -4.55. The lowest BCUT2D eigenvalue weighted by Crippen LogP contribution is -2.21. The Kier molecular flexibility index (Phi) is 4.37. The first kappa shape index (κ1) is 13.3. The summed E-state index contributed by atoms with van der Waals surface area (Å²) in [5, 5.41) is 0. The van der Waals surface area contributed by atoms with Gasteiger partial charge >= 0.3 is 12.3 Å². The molecule has 0 bridgehead atoms. The molecule has 1 atom stereocenters. The zero-order valence-corrected chi connectivity index (χ0v) is 9.03. The van der Waals surface area contributed by atoms with Crippen molar-refractivity contribution in [2.75, 3.05) is 6.61 Å². The third-order valence-corrected chi connectivity index (χ3v) is 1.90. The van der Waals surface area contributed by atoms with E-state index in [1.165, 1.54) is 0 Å². The Morgan fingerprint density at radius 1 is 1.29 bits per heavy atom. The van der Waals surface area contributed by atoms with Gasteiger partial charge in [-0.3, -0.25) is 0 Å². The minimum Gasteiger partial charge on any atom is -0.426 e. The third-order valence-electron chi connectivity index (χ3n) is 1.90. The van der Waals surface area contributed by atoms with Gasteiger partial charge in [-0.15, -0.1) is 0 Å². The Morgan fingerprint density at radius 2 is 1.88 bits per heavy atom. The van der Waals surface area contributed by atoms with E-state index in [0.717, 1.165) is 0 Å². The number of hydrogen-bond acceptors (Lipinski definition) is 3. The fourth-order valence-electron chi connectivity index (χ4n) is 1.11. The van der Waals surface area contributed by atoms with E-state index in [1.54, 1.807) is 37.3 Å². The zero-order chi connectivity index (χ0) is 12.9. The molecule has 0 spiro atoms. The number of carbonyl (C=O) groups excluding carboxylic acids is 1. The highest BCUT2D eigenvalue weighted by Gasteiger charge is 2.30. The molecule has 0 saturated carbocycles.